The summed E-state index contributed by atoms with van der Waals surface area (Å²) < 4.78 is 25.1. The fourth-order valence-electron chi connectivity index (χ4n) is 3.54. The van der Waals surface area contributed by atoms with E-state index in [2.05, 4.69) is 0 Å². The van der Waals surface area contributed by atoms with Crippen LogP contribution in [0.25, 0.3) is 0 Å². The lowest BCUT2D eigenvalue weighted by Crippen LogP contribution is -2.52. The van der Waals surface area contributed by atoms with E-state index in [1.165, 1.54) is 12.1 Å². The number of carbonyl (C=O) groups is 2. The van der Waals surface area contributed by atoms with E-state index in [4.69, 9.17) is 14.6 Å². The molecule has 0 unspecified atom stereocenters. The Kier molecular flexibility index (Phi) is 4.92. The van der Waals surface area contributed by atoms with Crippen molar-refractivity contribution < 1.29 is 28.6 Å². The fourth-order valence-corrected chi connectivity index (χ4v) is 3.54. The first-order valence-corrected chi connectivity index (χ1v) is 8.79. The van der Waals surface area contributed by atoms with E-state index in [0.717, 1.165) is 0 Å². The number of piperidine rings is 1. The molecule has 1 spiro atoms. The third-order valence-electron chi connectivity index (χ3n) is 4.95. The summed E-state index contributed by atoms with van der Waals surface area (Å²) in [5.41, 5.74) is 0.100. The van der Waals surface area contributed by atoms with Gasteiger partial charge in [-0.2, -0.15) is 0 Å². The maximum Gasteiger partial charge on any atom is 0.303 e. The van der Waals surface area contributed by atoms with Gasteiger partial charge in [-0.1, -0.05) is 13.8 Å². The van der Waals surface area contributed by atoms with Crippen LogP contribution in [0, 0.1) is 11.2 Å². The average molecular weight is 365 g/mol. The molecular formula is C19H24FNO5. The van der Waals surface area contributed by atoms with Gasteiger partial charge in [-0.25, -0.2) is 4.39 Å². The zero-order valence-electron chi connectivity index (χ0n) is 15.1. The van der Waals surface area contributed by atoms with Crippen molar-refractivity contribution in [3.8, 4) is 5.75 Å². The van der Waals surface area contributed by atoms with Crippen LogP contribution in [0.4, 0.5) is 4.39 Å². The Morgan fingerprint density at radius 3 is 2.62 bits per heavy atom. The number of hydrogen-bond acceptors (Lipinski definition) is 4. The number of hydrogen-bond donors (Lipinski definition) is 1. The van der Waals surface area contributed by atoms with E-state index in [-0.39, 0.29) is 31.2 Å². The topological polar surface area (TPSA) is 76.1 Å². The van der Waals surface area contributed by atoms with Gasteiger partial charge in [0.2, 0.25) is 11.7 Å². The Labute approximate surface area is 151 Å². The van der Waals surface area contributed by atoms with Crippen molar-refractivity contribution in [2.45, 2.75) is 51.9 Å². The van der Waals surface area contributed by atoms with Crippen LogP contribution in [0.5, 0.6) is 5.75 Å². The van der Waals surface area contributed by atoms with Crippen LogP contribution in [-0.4, -0.2) is 40.8 Å². The minimum atomic E-state index is -0.903. The van der Waals surface area contributed by atoms with Crippen LogP contribution in [0.15, 0.2) is 18.2 Å². The molecule has 2 aliphatic heterocycles. The fraction of sp³-hybridized carbons (Fsp3) is 0.579. The number of carboxylic acids is 1. The Morgan fingerprint density at radius 1 is 1.27 bits per heavy atom. The first kappa shape index (κ1) is 18.6. The molecule has 7 heteroatoms. The lowest BCUT2D eigenvalue weighted by molar-refractivity contribution is -0.228. The van der Waals surface area contributed by atoms with Crippen molar-refractivity contribution in [1.82, 2.24) is 4.90 Å². The van der Waals surface area contributed by atoms with Crippen molar-refractivity contribution in [2.75, 3.05) is 13.1 Å². The van der Waals surface area contributed by atoms with Crippen LogP contribution in [-0.2, 0) is 20.9 Å². The van der Waals surface area contributed by atoms with Gasteiger partial charge < -0.3 is 19.5 Å². The van der Waals surface area contributed by atoms with Gasteiger partial charge in [0.15, 0.2) is 0 Å². The Morgan fingerprint density at radius 2 is 1.96 bits per heavy atom. The first-order valence-electron chi connectivity index (χ1n) is 8.79. The number of nitrogens with zero attached hydrogens (tertiary/aromatic N) is 1. The van der Waals surface area contributed by atoms with E-state index in [9.17, 15) is 14.0 Å². The predicted molar refractivity (Wildman–Crippen MR) is 91.0 cm³/mol. The number of aliphatic carboxylic acids is 1. The molecule has 2 heterocycles. The molecule has 6 nitrogen and oxygen atoms in total. The van der Waals surface area contributed by atoms with Crippen molar-refractivity contribution >= 4 is 11.9 Å². The van der Waals surface area contributed by atoms with Gasteiger partial charge in [0, 0.05) is 37.9 Å². The molecule has 26 heavy (non-hydrogen) atoms. The lowest BCUT2D eigenvalue weighted by Gasteiger charge is -2.44. The second-order valence-corrected chi connectivity index (χ2v) is 7.85. The SMILES string of the molecule is CC(C)(CC(=O)O)CC(=O)N1CCC2(CC1)OCc1cc(F)ccc1O2. The Bertz CT molecular complexity index is 710. The van der Waals surface area contributed by atoms with Gasteiger partial charge >= 0.3 is 5.97 Å². The summed E-state index contributed by atoms with van der Waals surface area (Å²) in [5.74, 6) is -1.43. The average Bonchev–Trinajstić information content (AvgIpc) is 2.54. The molecule has 1 fully saturated rings. The largest absolute Gasteiger partial charge is 0.481 e. The minimum Gasteiger partial charge on any atom is -0.481 e. The standard InChI is InChI=1S/C19H24FNO5/c1-18(2,11-17(23)24)10-16(22)21-7-5-19(6-8-21)25-12-13-9-14(20)3-4-15(13)26-19/h3-4,9H,5-8,10-12H2,1-2H3,(H,23,24). The maximum absolute atomic E-state index is 13.3. The number of amides is 1. The number of halogens is 1. The summed E-state index contributed by atoms with van der Waals surface area (Å²) in [7, 11) is 0. The van der Waals surface area contributed by atoms with Gasteiger partial charge in [-0.3, -0.25) is 9.59 Å². The van der Waals surface area contributed by atoms with Gasteiger partial charge in [0.25, 0.3) is 0 Å². The molecule has 1 aromatic carbocycles. The molecule has 0 saturated carbocycles. The van der Waals surface area contributed by atoms with Crippen LogP contribution >= 0.6 is 0 Å². The Balaban J connectivity index is 1.58. The second-order valence-electron chi connectivity index (χ2n) is 7.85. The molecule has 142 valence electrons. The predicted octanol–water partition coefficient (Wildman–Crippen LogP) is 2.94. The molecule has 0 atom stereocenters. The molecule has 0 aromatic heterocycles. The molecule has 0 radical (unpaired) electrons. The van der Waals surface area contributed by atoms with Crippen molar-refractivity contribution in [1.29, 1.82) is 0 Å². The number of carboxylic acid groups (broad SMARTS) is 1. The number of rotatable bonds is 4. The highest BCUT2D eigenvalue weighted by atomic mass is 19.1. The molecule has 1 saturated heterocycles. The molecule has 1 N–H and O–H groups in total. The summed E-state index contributed by atoms with van der Waals surface area (Å²) in [5, 5.41) is 8.95. The number of ether oxygens (including phenoxy) is 2. The van der Waals surface area contributed by atoms with E-state index >= 15 is 0 Å². The summed E-state index contributed by atoms with van der Waals surface area (Å²) >= 11 is 0. The maximum atomic E-state index is 13.3. The summed E-state index contributed by atoms with van der Waals surface area (Å²) in [6, 6.07) is 4.38. The highest BCUT2D eigenvalue weighted by molar-refractivity contribution is 5.78. The molecular weight excluding hydrogens is 341 g/mol. The van der Waals surface area contributed by atoms with E-state index in [1.54, 1.807) is 24.8 Å². The van der Waals surface area contributed by atoms with Gasteiger partial charge in [-0.05, 0) is 23.6 Å². The first-order chi connectivity index (χ1) is 12.2. The number of benzene rings is 1. The van der Waals surface area contributed by atoms with Gasteiger partial charge in [0.1, 0.15) is 11.6 Å². The van der Waals surface area contributed by atoms with Crippen LogP contribution in [0.1, 0.15) is 45.1 Å². The van der Waals surface area contributed by atoms with Crippen LogP contribution < -0.4 is 4.74 Å². The third kappa shape index (κ3) is 4.15. The quantitative estimate of drug-likeness (QED) is 0.888. The highest BCUT2D eigenvalue weighted by Gasteiger charge is 2.42. The minimum absolute atomic E-state index is 0.0456. The van der Waals surface area contributed by atoms with E-state index in [1.807, 2.05) is 0 Å². The lowest BCUT2D eigenvalue weighted by atomic mass is 9.85. The van der Waals surface area contributed by atoms with Crippen LogP contribution in [0.2, 0.25) is 0 Å². The zero-order chi connectivity index (χ0) is 18.9. The van der Waals surface area contributed by atoms with Crippen LogP contribution in [0.3, 0.4) is 0 Å². The summed E-state index contributed by atoms with van der Waals surface area (Å²) in [6.07, 6.45) is 1.19. The normalized spacial score (nSPS) is 19.0. The number of carbonyl (C=O) groups excluding carboxylic acids is 1. The molecule has 3 rings (SSSR count). The summed E-state index contributed by atoms with van der Waals surface area (Å²) in [6.45, 7) is 4.82. The highest BCUT2D eigenvalue weighted by Crippen LogP contribution is 2.38. The molecule has 0 aliphatic carbocycles. The number of likely N-dealkylation sites (tertiary alicyclic amines) is 1. The Hall–Kier alpha value is -2.15. The zero-order valence-corrected chi connectivity index (χ0v) is 15.1. The van der Waals surface area contributed by atoms with E-state index < -0.39 is 17.2 Å². The monoisotopic (exact) mass is 365 g/mol. The van der Waals surface area contributed by atoms with Crippen molar-refractivity contribution in [3.05, 3.63) is 29.6 Å². The van der Waals surface area contributed by atoms with Gasteiger partial charge in [-0.15, -0.1) is 0 Å². The van der Waals surface area contributed by atoms with Gasteiger partial charge in [0.05, 0.1) is 13.0 Å². The smallest absolute Gasteiger partial charge is 0.303 e. The number of fused-ring (bicyclic) bond motifs is 1. The molecule has 1 amide bonds. The third-order valence-corrected chi connectivity index (χ3v) is 4.95. The second kappa shape index (κ2) is 6.87. The molecule has 0 bridgehead atoms. The van der Waals surface area contributed by atoms with E-state index in [0.29, 0.717) is 37.2 Å². The molecule has 1 aromatic rings. The molecule has 2 aliphatic rings. The van der Waals surface area contributed by atoms with Crippen molar-refractivity contribution in [3.63, 3.8) is 0 Å². The summed E-state index contributed by atoms with van der Waals surface area (Å²) in [4.78, 5) is 25.2. The van der Waals surface area contributed by atoms with Crippen molar-refractivity contribution in [2.24, 2.45) is 5.41 Å².